The molecule has 5 heteroatoms. The van der Waals surface area contributed by atoms with Crippen LogP contribution in [-0.2, 0) is 4.79 Å². The van der Waals surface area contributed by atoms with Gasteiger partial charge in [-0.3, -0.25) is 9.69 Å². The normalized spacial score (nSPS) is 12.4. The third-order valence-corrected chi connectivity index (χ3v) is 3.90. The second-order valence-corrected chi connectivity index (χ2v) is 6.31. The van der Waals surface area contributed by atoms with E-state index < -0.39 is 0 Å². The van der Waals surface area contributed by atoms with E-state index in [0.29, 0.717) is 18.2 Å². The highest BCUT2D eigenvalue weighted by Crippen LogP contribution is 2.19. The third kappa shape index (κ3) is 5.13. The number of ether oxygens (including phenoxy) is 1. The van der Waals surface area contributed by atoms with Crippen LogP contribution in [0.2, 0.25) is 0 Å². The summed E-state index contributed by atoms with van der Waals surface area (Å²) in [6, 6.07) is 11.6. The number of likely N-dealkylation sites (N-methyl/N-ethyl adjacent to an activating group) is 1. The number of benzene rings is 1. The Bertz CT molecular complexity index is 619. The lowest BCUT2D eigenvalue weighted by Gasteiger charge is -2.22. The smallest absolute Gasteiger partial charge is 0.258 e. The summed E-state index contributed by atoms with van der Waals surface area (Å²) in [4.78, 5) is 14.0. The average molecular weight is 330 g/mol. The number of carbonyl (C=O) groups excluding carboxylic acids is 1. The fraction of sp³-hybridized carbons (Fsp3) is 0.421. The van der Waals surface area contributed by atoms with Crippen LogP contribution < -0.4 is 10.1 Å². The third-order valence-electron chi connectivity index (χ3n) is 3.90. The zero-order valence-electron chi connectivity index (χ0n) is 14.8. The molecule has 0 saturated heterocycles. The van der Waals surface area contributed by atoms with Gasteiger partial charge in [0.05, 0.1) is 12.3 Å². The first-order chi connectivity index (χ1) is 11.5. The molecule has 0 fully saturated rings. The van der Waals surface area contributed by atoms with Crippen molar-refractivity contribution in [1.82, 2.24) is 10.2 Å². The van der Waals surface area contributed by atoms with Crippen molar-refractivity contribution < 1.29 is 13.9 Å². The fourth-order valence-electron chi connectivity index (χ4n) is 2.38. The number of nitrogens with zero attached hydrogens (tertiary/aromatic N) is 1. The Kier molecular flexibility index (Phi) is 6.44. The first-order valence-electron chi connectivity index (χ1n) is 8.16. The number of rotatable bonds is 8. The number of nitrogens with one attached hydrogen (secondary N) is 1. The van der Waals surface area contributed by atoms with Crippen LogP contribution in [0.4, 0.5) is 0 Å². The van der Waals surface area contributed by atoms with Crippen molar-refractivity contribution in [3.8, 4) is 5.75 Å². The van der Waals surface area contributed by atoms with E-state index >= 15 is 0 Å². The largest absolute Gasteiger partial charge is 0.484 e. The van der Waals surface area contributed by atoms with E-state index in [1.165, 1.54) is 5.56 Å². The molecule has 1 amide bonds. The second-order valence-electron chi connectivity index (χ2n) is 6.31. The molecule has 1 N–H and O–H groups in total. The van der Waals surface area contributed by atoms with Gasteiger partial charge >= 0.3 is 0 Å². The molecule has 2 aromatic rings. The Labute approximate surface area is 143 Å². The zero-order valence-corrected chi connectivity index (χ0v) is 14.8. The van der Waals surface area contributed by atoms with Gasteiger partial charge in [0.15, 0.2) is 6.61 Å². The quantitative estimate of drug-likeness (QED) is 0.807. The monoisotopic (exact) mass is 330 g/mol. The van der Waals surface area contributed by atoms with E-state index in [1.54, 1.807) is 6.26 Å². The first kappa shape index (κ1) is 18.1. The summed E-state index contributed by atoms with van der Waals surface area (Å²) in [6.07, 6.45) is 1.64. The highest BCUT2D eigenvalue weighted by atomic mass is 16.5. The number of hydrogen-bond donors (Lipinski definition) is 1. The van der Waals surface area contributed by atoms with Gasteiger partial charge in [-0.2, -0.15) is 0 Å². The van der Waals surface area contributed by atoms with Crippen molar-refractivity contribution >= 4 is 5.91 Å². The van der Waals surface area contributed by atoms with Crippen LogP contribution in [-0.4, -0.2) is 38.1 Å². The Hall–Kier alpha value is -2.27. The zero-order chi connectivity index (χ0) is 17.5. The van der Waals surface area contributed by atoms with Crippen LogP contribution in [0.5, 0.6) is 5.75 Å². The van der Waals surface area contributed by atoms with Crippen LogP contribution in [0.25, 0.3) is 0 Å². The maximum atomic E-state index is 12.0. The summed E-state index contributed by atoms with van der Waals surface area (Å²) >= 11 is 0. The highest BCUT2D eigenvalue weighted by molar-refractivity contribution is 5.77. The van der Waals surface area contributed by atoms with Crippen molar-refractivity contribution in [2.24, 2.45) is 0 Å². The van der Waals surface area contributed by atoms with E-state index in [9.17, 15) is 4.79 Å². The molecule has 1 aromatic heterocycles. The van der Waals surface area contributed by atoms with Gasteiger partial charge in [0.25, 0.3) is 5.91 Å². The SMILES string of the molecule is CC(C)c1ccc(OCC(=O)NCC(c2ccco2)N(C)C)cc1. The molecule has 0 aliphatic heterocycles. The predicted octanol–water partition coefficient (Wildman–Crippen LogP) is 3.20. The van der Waals surface area contributed by atoms with Gasteiger partial charge in [0, 0.05) is 6.54 Å². The highest BCUT2D eigenvalue weighted by Gasteiger charge is 2.17. The van der Waals surface area contributed by atoms with Gasteiger partial charge in [0.2, 0.25) is 0 Å². The summed E-state index contributed by atoms with van der Waals surface area (Å²) in [7, 11) is 3.90. The minimum atomic E-state index is -0.152. The van der Waals surface area contributed by atoms with E-state index in [1.807, 2.05) is 55.4 Å². The molecule has 24 heavy (non-hydrogen) atoms. The molecule has 0 radical (unpaired) electrons. The van der Waals surface area contributed by atoms with E-state index in [4.69, 9.17) is 9.15 Å². The summed E-state index contributed by atoms with van der Waals surface area (Å²) in [5.41, 5.74) is 1.25. The molecule has 1 heterocycles. The Morgan fingerprint density at radius 2 is 1.92 bits per heavy atom. The van der Waals surface area contributed by atoms with Gasteiger partial charge < -0.3 is 14.5 Å². The van der Waals surface area contributed by atoms with E-state index in [0.717, 1.165) is 5.76 Å². The van der Waals surface area contributed by atoms with Crippen molar-refractivity contribution in [3.05, 3.63) is 54.0 Å². The maximum Gasteiger partial charge on any atom is 0.258 e. The minimum Gasteiger partial charge on any atom is -0.484 e. The van der Waals surface area contributed by atoms with Crippen molar-refractivity contribution in [1.29, 1.82) is 0 Å². The molecular formula is C19H26N2O3. The average Bonchev–Trinajstić information content (AvgIpc) is 3.07. The summed E-state index contributed by atoms with van der Waals surface area (Å²) in [5, 5.41) is 2.89. The first-order valence-corrected chi connectivity index (χ1v) is 8.16. The van der Waals surface area contributed by atoms with Crippen LogP contribution in [0.3, 0.4) is 0 Å². The Morgan fingerprint density at radius 3 is 2.46 bits per heavy atom. The molecule has 0 bridgehead atoms. The lowest BCUT2D eigenvalue weighted by atomic mass is 10.0. The molecule has 2 rings (SSSR count). The predicted molar refractivity (Wildman–Crippen MR) is 94.2 cm³/mol. The molecule has 130 valence electrons. The summed E-state index contributed by atoms with van der Waals surface area (Å²) in [5.74, 6) is 1.85. The maximum absolute atomic E-state index is 12.0. The number of amides is 1. The molecule has 1 aromatic carbocycles. The lowest BCUT2D eigenvalue weighted by Crippen LogP contribution is -2.36. The Balaban J connectivity index is 1.80. The summed E-state index contributed by atoms with van der Waals surface area (Å²) in [6.45, 7) is 4.75. The number of furan rings is 1. The molecule has 0 aliphatic carbocycles. The van der Waals surface area contributed by atoms with E-state index in [-0.39, 0.29) is 18.6 Å². The topological polar surface area (TPSA) is 54.7 Å². The van der Waals surface area contributed by atoms with Crippen molar-refractivity contribution in [2.75, 3.05) is 27.2 Å². The van der Waals surface area contributed by atoms with Crippen LogP contribution in [0, 0.1) is 0 Å². The van der Waals surface area contributed by atoms with Crippen molar-refractivity contribution in [2.45, 2.75) is 25.8 Å². The van der Waals surface area contributed by atoms with E-state index in [2.05, 4.69) is 19.2 Å². The Morgan fingerprint density at radius 1 is 1.21 bits per heavy atom. The van der Waals surface area contributed by atoms with Gasteiger partial charge in [-0.05, 0) is 49.8 Å². The molecule has 5 nitrogen and oxygen atoms in total. The fourth-order valence-corrected chi connectivity index (χ4v) is 2.38. The van der Waals surface area contributed by atoms with Crippen molar-refractivity contribution in [3.63, 3.8) is 0 Å². The second kappa shape index (κ2) is 8.55. The molecule has 1 unspecified atom stereocenters. The van der Waals surface area contributed by atoms with Crippen LogP contribution in [0.15, 0.2) is 47.1 Å². The van der Waals surface area contributed by atoms with Gasteiger partial charge in [-0.15, -0.1) is 0 Å². The molecular weight excluding hydrogens is 304 g/mol. The van der Waals surface area contributed by atoms with Gasteiger partial charge in [-0.25, -0.2) is 0 Å². The standard InChI is InChI=1S/C19H26N2O3/c1-14(2)15-7-9-16(10-8-15)24-13-19(22)20-12-17(21(3)4)18-6-5-11-23-18/h5-11,14,17H,12-13H2,1-4H3,(H,20,22). The van der Waals surface area contributed by atoms with Gasteiger partial charge in [-0.1, -0.05) is 26.0 Å². The molecule has 0 aliphatic rings. The number of carbonyl (C=O) groups is 1. The van der Waals surface area contributed by atoms with Crippen LogP contribution in [0.1, 0.15) is 37.1 Å². The number of hydrogen-bond acceptors (Lipinski definition) is 4. The molecule has 0 spiro atoms. The molecule has 0 saturated carbocycles. The summed E-state index contributed by atoms with van der Waals surface area (Å²) < 4.78 is 11.0. The minimum absolute atomic E-state index is 0.000666. The molecule has 1 atom stereocenters. The lowest BCUT2D eigenvalue weighted by molar-refractivity contribution is -0.123. The van der Waals surface area contributed by atoms with Crippen LogP contribution >= 0.6 is 0 Å². The van der Waals surface area contributed by atoms with Gasteiger partial charge in [0.1, 0.15) is 11.5 Å².